The first kappa shape index (κ1) is 12.5. The molecule has 102 valence electrons. The van der Waals surface area contributed by atoms with Gasteiger partial charge in [-0.15, -0.1) is 0 Å². The Labute approximate surface area is 111 Å². The number of aliphatic hydroxyl groups is 1. The van der Waals surface area contributed by atoms with E-state index in [2.05, 4.69) is 9.97 Å². The molecule has 2 bridgehead atoms. The van der Waals surface area contributed by atoms with E-state index in [-0.39, 0.29) is 12.0 Å². The van der Waals surface area contributed by atoms with E-state index < -0.39 is 6.04 Å². The average Bonchev–Trinajstić information content (AvgIpc) is 2.40. The highest BCUT2D eigenvalue weighted by molar-refractivity contribution is 5.79. The minimum Gasteiger partial charge on any atom is -0.387 e. The van der Waals surface area contributed by atoms with Crippen LogP contribution in [0.4, 0.5) is 0 Å². The zero-order valence-corrected chi connectivity index (χ0v) is 10.8. The largest absolute Gasteiger partial charge is 0.387 e. The molecule has 3 N–H and O–H groups in total. The quantitative estimate of drug-likeness (QED) is 0.726. The Hall–Kier alpha value is -1.53. The Morgan fingerprint density at radius 3 is 2.68 bits per heavy atom. The minimum atomic E-state index is -0.496. The third-order valence-electron chi connectivity index (χ3n) is 4.67. The fourth-order valence-electron chi connectivity index (χ4n) is 3.70. The number of piperidine rings is 3. The molecule has 0 aliphatic carbocycles. The second-order valence-electron chi connectivity index (χ2n) is 5.69. The molecule has 2 atom stereocenters. The molecule has 6 nitrogen and oxygen atoms in total. The summed E-state index contributed by atoms with van der Waals surface area (Å²) in [6.45, 7) is 2.35. The average molecular weight is 263 g/mol. The Morgan fingerprint density at radius 1 is 1.42 bits per heavy atom. The highest BCUT2D eigenvalue weighted by Gasteiger charge is 2.52. The first-order valence-corrected chi connectivity index (χ1v) is 6.71. The standard InChI is InChI=1S/C13H18N4O2/c14-13(19)12(10-7-15-3-4-16-10)17-5-1-9(2-6-17)11(18)8-17/h3-4,7,9,11-12,18H,1-2,5-6,8H2,(H-,14,19)/p+1/t9?,11-,12?,17?/m0/s1. The van der Waals surface area contributed by atoms with Crippen molar-refractivity contribution < 1.29 is 14.4 Å². The van der Waals surface area contributed by atoms with Gasteiger partial charge in [-0.05, 0) is 0 Å². The monoisotopic (exact) mass is 263 g/mol. The number of rotatable bonds is 3. The summed E-state index contributed by atoms with van der Waals surface area (Å²) in [6, 6.07) is -0.496. The number of carbonyl (C=O) groups excluding carboxylic acids is 1. The maximum atomic E-state index is 11.9. The van der Waals surface area contributed by atoms with Crippen LogP contribution in [0.25, 0.3) is 0 Å². The van der Waals surface area contributed by atoms with Gasteiger partial charge in [-0.3, -0.25) is 14.8 Å². The summed E-state index contributed by atoms with van der Waals surface area (Å²) in [4.78, 5) is 20.2. The zero-order chi connectivity index (χ0) is 13.5. The molecule has 0 radical (unpaired) electrons. The molecule has 3 saturated heterocycles. The number of hydrogen-bond acceptors (Lipinski definition) is 4. The van der Waals surface area contributed by atoms with E-state index in [4.69, 9.17) is 5.73 Å². The Bertz CT molecular complexity index is 471. The molecule has 3 aliphatic rings. The summed E-state index contributed by atoms with van der Waals surface area (Å²) in [5.74, 6) is 0.00318. The number of aromatic nitrogens is 2. The third-order valence-corrected chi connectivity index (χ3v) is 4.67. The number of hydrogen-bond donors (Lipinski definition) is 2. The lowest BCUT2D eigenvalue weighted by atomic mass is 9.81. The minimum absolute atomic E-state index is 0.332. The Balaban J connectivity index is 1.98. The van der Waals surface area contributed by atoms with E-state index in [9.17, 15) is 9.90 Å². The van der Waals surface area contributed by atoms with Crippen molar-refractivity contribution in [2.45, 2.75) is 25.0 Å². The van der Waals surface area contributed by atoms with Gasteiger partial charge < -0.3 is 15.3 Å². The summed E-state index contributed by atoms with van der Waals surface area (Å²) in [6.07, 6.45) is 6.34. The van der Waals surface area contributed by atoms with Gasteiger partial charge in [0.05, 0.1) is 19.3 Å². The Kier molecular flexibility index (Phi) is 2.99. The molecule has 1 aromatic rings. The van der Waals surface area contributed by atoms with Gasteiger partial charge in [-0.1, -0.05) is 0 Å². The molecule has 0 spiro atoms. The number of carbonyl (C=O) groups is 1. The van der Waals surface area contributed by atoms with Crippen molar-refractivity contribution in [1.82, 2.24) is 9.97 Å². The summed E-state index contributed by atoms with van der Waals surface area (Å²) >= 11 is 0. The van der Waals surface area contributed by atoms with Gasteiger partial charge in [0, 0.05) is 31.2 Å². The Morgan fingerprint density at radius 2 is 2.16 bits per heavy atom. The van der Waals surface area contributed by atoms with Gasteiger partial charge in [-0.25, -0.2) is 0 Å². The summed E-state index contributed by atoms with van der Waals surface area (Å²) in [5, 5.41) is 10.1. The number of quaternary nitrogens is 1. The van der Waals surface area contributed by atoms with Crippen LogP contribution in [-0.2, 0) is 4.79 Å². The highest BCUT2D eigenvalue weighted by atomic mass is 16.3. The third kappa shape index (κ3) is 2.01. The van der Waals surface area contributed by atoms with Gasteiger partial charge in [0.1, 0.15) is 18.3 Å². The van der Waals surface area contributed by atoms with E-state index in [1.165, 1.54) is 0 Å². The summed E-state index contributed by atoms with van der Waals surface area (Å²) in [7, 11) is 0. The van der Waals surface area contributed by atoms with E-state index in [1.807, 2.05) is 0 Å². The maximum absolute atomic E-state index is 11.9. The molecule has 0 aromatic carbocycles. The van der Waals surface area contributed by atoms with Crippen molar-refractivity contribution in [1.29, 1.82) is 0 Å². The number of nitrogens with two attached hydrogens (primary N) is 1. The van der Waals surface area contributed by atoms with Crippen molar-refractivity contribution in [3.05, 3.63) is 24.3 Å². The van der Waals surface area contributed by atoms with E-state index in [1.54, 1.807) is 18.6 Å². The number of fused-ring (bicyclic) bond motifs is 3. The van der Waals surface area contributed by atoms with Crippen molar-refractivity contribution in [3.63, 3.8) is 0 Å². The molecule has 4 heterocycles. The lowest BCUT2D eigenvalue weighted by molar-refractivity contribution is -0.965. The highest BCUT2D eigenvalue weighted by Crippen LogP contribution is 2.40. The van der Waals surface area contributed by atoms with Crippen molar-refractivity contribution in [3.8, 4) is 0 Å². The van der Waals surface area contributed by atoms with Gasteiger partial charge >= 0.3 is 0 Å². The van der Waals surface area contributed by atoms with Crippen molar-refractivity contribution >= 4 is 5.91 Å². The number of nitrogens with zero attached hydrogens (tertiary/aromatic N) is 3. The van der Waals surface area contributed by atoms with Crippen LogP contribution in [0, 0.1) is 5.92 Å². The predicted octanol–water partition coefficient (Wildman–Crippen LogP) is -0.396. The van der Waals surface area contributed by atoms with Gasteiger partial charge in [0.25, 0.3) is 5.91 Å². The first-order valence-electron chi connectivity index (χ1n) is 6.71. The number of primary amides is 1. The molecule has 1 aromatic heterocycles. The van der Waals surface area contributed by atoms with Crippen molar-refractivity contribution in [2.75, 3.05) is 19.6 Å². The van der Waals surface area contributed by atoms with Crippen LogP contribution in [0.2, 0.25) is 0 Å². The molecular weight excluding hydrogens is 244 g/mol. The van der Waals surface area contributed by atoms with Crippen LogP contribution in [0.3, 0.4) is 0 Å². The van der Waals surface area contributed by atoms with E-state index in [0.717, 1.165) is 25.9 Å². The zero-order valence-electron chi connectivity index (χ0n) is 10.8. The molecule has 1 unspecified atom stereocenters. The van der Waals surface area contributed by atoms with Crippen LogP contribution in [-0.4, -0.2) is 51.2 Å². The maximum Gasteiger partial charge on any atom is 0.282 e. The SMILES string of the molecule is NC(=O)C(c1cnccn1)[N+]12CCC(CC1)[C@@H](O)C2. The van der Waals surface area contributed by atoms with Gasteiger partial charge in [-0.2, -0.15) is 0 Å². The van der Waals surface area contributed by atoms with E-state index >= 15 is 0 Å². The first-order chi connectivity index (χ1) is 9.12. The molecule has 3 aliphatic heterocycles. The van der Waals surface area contributed by atoms with E-state index in [0.29, 0.717) is 22.6 Å². The topological polar surface area (TPSA) is 89.1 Å². The molecule has 4 rings (SSSR count). The van der Waals surface area contributed by atoms with Crippen LogP contribution < -0.4 is 5.73 Å². The van der Waals surface area contributed by atoms with Crippen LogP contribution in [0.5, 0.6) is 0 Å². The molecule has 6 heteroatoms. The smallest absolute Gasteiger partial charge is 0.282 e. The predicted molar refractivity (Wildman–Crippen MR) is 67.6 cm³/mol. The normalized spacial score (nSPS) is 35.0. The lowest BCUT2D eigenvalue weighted by Gasteiger charge is -2.53. The van der Waals surface area contributed by atoms with Gasteiger partial charge in [0.2, 0.25) is 6.04 Å². The fourth-order valence-corrected chi connectivity index (χ4v) is 3.70. The number of amides is 1. The second kappa shape index (κ2) is 4.54. The fraction of sp³-hybridized carbons (Fsp3) is 0.615. The summed E-state index contributed by atoms with van der Waals surface area (Å²) < 4.78 is 0.533. The molecule has 1 amide bonds. The second-order valence-corrected chi connectivity index (χ2v) is 5.69. The molecule has 0 saturated carbocycles. The summed E-state index contributed by atoms with van der Waals surface area (Å²) in [5.41, 5.74) is 6.23. The molecular formula is C13H19N4O2+. The van der Waals surface area contributed by atoms with Crippen LogP contribution in [0.15, 0.2) is 18.6 Å². The van der Waals surface area contributed by atoms with Crippen LogP contribution >= 0.6 is 0 Å². The molecule has 3 fully saturated rings. The van der Waals surface area contributed by atoms with Crippen LogP contribution in [0.1, 0.15) is 24.6 Å². The van der Waals surface area contributed by atoms with Crippen molar-refractivity contribution in [2.24, 2.45) is 11.7 Å². The lowest BCUT2D eigenvalue weighted by Crippen LogP contribution is -2.66. The van der Waals surface area contributed by atoms with Gasteiger partial charge in [0.15, 0.2) is 0 Å². The number of aliphatic hydroxyl groups excluding tert-OH is 1. The molecule has 19 heavy (non-hydrogen) atoms.